The van der Waals surface area contributed by atoms with Crippen LogP contribution in [0.2, 0.25) is 0 Å². The van der Waals surface area contributed by atoms with Gasteiger partial charge in [0, 0.05) is 45.2 Å². The Hall–Kier alpha value is -2.04. The van der Waals surface area contributed by atoms with E-state index in [0.29, 0.717) is 52.0 Å². The molecular formula is C23H44N4O6. The van der Waals surface area contributed by atoms with Gasteiger partial charge in [-0.25, -0.2) is 0 Å². The third-order valence-electron chi connectivity index (χ3n) is 4.80. The Morgan fingerprint density at radius 2 is 1.27 bits per heavy atom. The van der Waals surface area contributed by atoms with E-state index >= 15 is 0 Å². The van der Waals surface area contributed by atoms with Crippen LogP contribution >= 0.6 is 0 Å². The predicted octanol–water partition coefficient (Wildman–Crippen LogP) is 0.943. The summed E-state index contributed by atoms with van der Waals surface area (Å²) in [5.74, 6) is -0.870. The van der Waals surface area contributed by atoms with Gasteiger partial charge in [0.25, 0.3) is 0 Å². The van der Waals surface area contributed by atoms with E-state index in [1.165, 1.54) is 0 Å². The van der Waals surface area contributed by atoms with Crippen molar-refractivity contribution in [3.05, 3.63) is 0 Å². The molecule has 6 N–H and O–H groups in total. The largest absolute Gasteiger partial charge is 0.460 e. The number of esters is 1. The van der Waals surface area contributed by atoms with Gasteiger partial charge in [-0.3, -0.25) is 19.2 Å². The molecule has 0 aliphatic carbocycles. The lowest BCUT2D eigenvalue weighted by molar-refractivity contribution is -0.160. The summed E-state index contributed by atoms with van der Waals surface area (Å²) < 4.78 is 11.3. The SMILES string of the molecule is CC(C)(CC(=O)CCC(=O)NCCCN)OCCC(C)(C)OC(=O)CCC(=O)NCCCN. The number of hydrogen-bond donors (Lipinski definition) is 4. The lowest BCUT2D eigenvalue weighted by Gasteiger charge is -2.29. The fourth-order valence-corrected chi connectivity index (χ4v) is 2.90. The Kier molecular flexibility index (Phi) is 15.5. The van der Waals surface area contributed by atoms with Gasteiger partial charge in [0.05, 0.1) is 18.6 Å². The van der Waals surface area contributed by atoms with Crippen LogP contribution in [0.4, 0.5) is 0 Å². The van der Waals surface area contributed by atoms with Gasteiger partial charge >= 0.3 is 5.97 Å². The minimum Gasteiger partial charge on any atom is -0.460 e. The number of carbonyl (C=O) groups excluding carboxylic acids is 4. The highest BCUT2D eigenvalue weighted by Gasteiger charge is 2.27. The summed E-state index contributed by atoms with van der Waals surface area (Å²) in [6, 6.07) is 0. The molecule has 0 saturated carbocycles. The van der Waals surface area contributed by atoms with Crippen LogP contribution in [0.3, 0.4) is 0 Å². The Balaban J connectivity index is 4.20. The summed E-state index contributed by atoms with van der Waals surface area (Å²) in [6.07, 6.45) is 2.38. The van der Waals surface area contributed by atoms with Gasteiger partial charge in [0.15, 0.2) is 0 Å². The van der Waals surface area contributed by atoms with Crippen molar-refractivity contribution >= 4 is 23.6 Å². The van der Waals surface area contributed by atoms with Crippen molar-refractivity contribution in [2.75, 3.05) is 32.8 Å². The first kappa shape index (κ1) is 31.0. The Labute approximate surface area is 197 Å². The van der Waals surface area contributed by atoms with Crippen molar-refractivity contribution in [2.45, 2.75) is 90.3 Å². The number of ether oxygens (including phenoxy) is 2. The van der Waals surface area contributed by atoms with E-state index in [-0.39, 0.29) is 49.7 Å². The fourth-order valence-electron chi connectivity index (χ4n) is 2.90. The molecule has 0 aromatic carbocycles. The quantitative estimate of drug-likeness (QED) is 0.159. The third-order valence-corrected chi connectivity index (χ3v) is 4.80. The van der Waals surface area contributed by atoms with Gasteiger partial charge in [-0.2, -0.15) is 0 Å². The van der Waals surface area contributed by atoms with Crippen LogP contribution in [0.1, 0.15) is 79.1 Å². The fraction of sp³-hybridized carbons (Fsp3) is 0.826. The van der Waals surface area contributed by atoms with E-state index in [0.717, 1.165) is 0 Å². The number of rotatable bonds is 19. The second kappa shape index (κ2) is 16.6. The Morgan fingerprint density at radius 1 is 0.758 bits per heavy atom. The lowest BCUT2D eigenvalue weighted by atomic mass is 9.98. The smallest absolute Gasteiger partial charge is 0.306 e. The molecule has 0 fully saturated rings. The first-order chi connectivity index (χ1) is 15.4. The molecule has 0 rings (SSSR count). The molecule has 0 aromatic heterocycles. The molecule has 0 bridgehead atoms. The molecule has 0 saturated heterocycles. The van der Waals surface area contributed by atoms with Crippen LogP contribution in [-0.2, 0) is 28.7 Å². The summed E-state index contributed by atoms with van der Waals surface area (Å²) in [5, 5.41) is 5.42. The average Bonchev–Trinajstić information content (AvgIpc) is 2.70. The van der Waals surface area contributed by atoms with Crippen LogP contribution in [-0.4, -0.2) is 67.6 Å². The first-order valence-corrected chi connectivity index (χ1v) is 11.7. The molecule has 10 nitrogen and oxygen atoms in total. The van der Waals surface area contributed by atoms with Crippen molar-refractivity contribution in [1.82, 2.24) is 10.6 Å². The zero-order valence-corrected chi connectivity index (χ0v) is 20.8. The zero-order valence-electron chi connectivity index (χ0n) is 20.8. The van der Waals surface area contributed by atoms with Crippen molar-refractivity contribution in [2.24, 2.45) is 11.5 Å². The topological polar surface area (TPSA) is 163 Å². The minimum atomic E-state index is -0.769. The highest BCUT2D eigenvalue weighted by Crippen LogP contribution is 2.21. The number of carbonyl (C=O) groups is 4. The molecule has 33 heavy (non-hydrogen) atoms. The number of ketones is 1. The summed E-state index contributed by atoms with van der Waals surface area (Å²) in [6.45, 7) is 9.48. The van der Waals surface area contributed by atoms with Crippen LogP contribution in [0.15, 0.2) is 0 Å². The van der Waals surface area contributed by atoms with E-state index in [9.17, 15) is 19.2 Å². The maximum Gasteiger partial charge on any atom is 0.306 e. The molecule has 0 aromatic rings. The van der Waals surface area contributed by atoms with Crippen molar-refractivity contribution < 1.29 is 28.7 Å². The van der Waals surface area contributed by atoms with Crippen LogP contribution in [0, 0.1) is 0 Å². The predicted molar refractivity (Wildman–Crippen MR) is 126 cm³/mol. The van der Waals surface area contributed by atoms with Crippen LogP contribution in [0.5, 0.6) is 0 Å². The third kappa shape index (κ3) is 18.1. The van der Waals surface area contributed by atoms with Crippen molar-refractivity contribution in [3.8, 4) is 0 Å². The number of Topliss-reactive ketones (excluding diaryl/α,β-unsaturated/α-hetero) is 1. The second-order valence-electron chi connectivity index (χ2n) is 9.29. The van der Waals surface area contributed by atoms with Gasteiger partial charge < -0.3 is 31.6 Å². The maximum absolute atomic E-state index is 12.2. The summed E-state index contributed by atoms with van der Waals surface area (Å²) in [7, 11) is 0. The summed E-state index contributed by atoms with van der Waals surface area (Å²) >= 11 is 0. The first-order valence-electron chi connectivity index (χ1n) is 11.7. The number of hydrogen-bond acceptors (Lipinski definition) is 8. The maximum atomic E-state index is 12.2. The molecule has 0 spiro atoms. The van der Waals surface area contributed by atoms with E-state index in [1.54, 1.807) is 13.8 Å². The lowest BCUT2D eigenvalue weighted by Crippen LogP contribution is -2.34. The second-order valence-corrected chi connectivity index (χ2v) is 9.29. The van der Waals surface area contributed by atoms with Crippen molar-refractivity contribution in [1.29, 1.82) is 0 Å². The molecule has 0 unspecified atom stereocenters. The molecule has 0 aliphatic heterocycles. The van der Waals surface area contributed by atoms with Crippen LogP contribution in [0.25, 0.3) is 0 Å². The van der Waals surface area contributed by atoms with E-state index in [4.69, 9.17) is 20.9 Å². The highest BCUT2D eigenvalue weighted by atomic mass is 16.6. The van der Waals surface area contributed by atoms with Gasteiger partial charge in [-0.15, -0.1) is 0 Å². The molecule has 0 heterocycles. The molecular weight excluding hydrogens is 428 g/mol. The van der Waals surface area contributed by atoms with Gasteiger partial charge in [0.1, 0.15) is 11.4 Å². The minimum absolute atomic E-state index is 0.00145. The average molecular weight is 473 g/mol. The molecule has 192 valence electrons. The Bertz CT molecular complexity index is 570. The van der Waals surface area contributed by atoms with Gasteiger partial charge in [-0.1, -0.05) is 0 Å². The summed E-state index contributed by atoms with van der Waals surface area (Å²) in [5.41, 5.74) is 9.28. The van der Waals surface area contributed by atoms with E-state index in [2.05, 4.69) is 10.6 Å². The molecule has 2 amide bonds. The molecule has 0 atom stereocenters. The van der Waals surface area contributed by atoms with Gasteiger partial charge in [0.2, 0.25) is 11.8 Å². The standard InChI is InChI=1S/C23H44N4O6/c1-22(2,33-21(31)10-9-20(30)27-15-6-13-25)11-16-32-23(3,4)17-18(28)7-8-19(29)26-14-5-12-24/h5-17,24-25H2,1-4H3,(H,26,29)(H,27,30). The molecule has 10 heteroatoms. The Morgan fingerprint density at radius 3 is 1.79 bits per heavy atom. The van der Waals surface area contributed by atoms with E-state index in [1.807, 2.05) is 13.8 Å². The molecule has 0 radical (unpaired) electrons. The molecule has 0 aliphatic rings. The van der Waals surface area contributed by atoms with Crippen LogP contribution < -0.4 is 22.1 Å². The normalized spacial score (nSPS) is 11.7. The number of nitrogens with two attached hydrogens (primary N) is 2. The van der Waals surface area contributed by atoms with Crippen molar-refractivity contribution in [3.63, 3.8) is 0 Å². The number of nitrogens with one attached hydrogen (secondary N) is 2. The summed E-state index contributed by atoms with van der Waals surface area (Å²) in [4.78, 5) is 47.6. The van der Waals surface area contributed by atoms with E-state index < -0.39 is 17.2 Å². The monoisotopic (exact) mass is 472 g/mol. The zero-order chi connectivity index (χ0) is 25.3. The number of amides is 2. The van der Waals surface area contributed by atoms with Gasteiger partial charge in [-0.05, 0) is 53.6 Å². The highest BCUT2D eigenvalue weighted by molar-refractivity contribution is 5.85.